The molecule has 1 aliphatic heterocycles. The van der Waals surface area contributed by atoms with Crippen LogP contribution in [0, 0.1) is 12.8 Å². The van der Waals surface area contributed by atoms with Crippen LogP contribution in [0.1, 0.15) is 47.1 Å². The van der Waals surface area contributed by atoms with Gasteiger partial charge in [-0.25, -0.2) is 9.97 Å². The number of fused-ring (bicyclic) bond motifs is 1. The Balaban J connectivity index is 1.48. The first kappa shape index (κ1) is 19.8. The van der Waals surface area contributed by atoms with E-state index in [2.05, 4.69) is 28.1 Å². The van der Waals surface area contributed by atoms with E-state index in [0.717, 1.165) is 48.2 Å². The van der Waals surface area contributed by atoms with E-state index in [4.69, 9.17) is 14.8 Å². The van der Waals surface area contributed by atoms with Gasteiger partial charge in [-0.2, -0.15) is 5.10 Å². The smallest absolute Gasteiger partial charge is 0.255 e. The van der Waals surface area contributed by atoms with Crippen LogP contribution >= 0.6 is 0 Å². The zero-order valence-corrected chi connectivity index (χ0v) is 18.3. The number of aromatic nitrogens is 5. The summed E-state index contributed by atoms with van der Waals surface area (Å²) in [6, 6.07) is 3.49. The molecule has 4 heterocycles. The molecule has 8 nitrogen and oxygen atoms in total. The van der Waals surface area contributed by atoms with E-state index in [-0.39, 0.29) is 5.91 Å². The van der Waals surface area contributed by atoms with Gasteiger partial charge in [-0.15, -0.1) is 0 Å². The Morgan fingerprint density at radius 1 is 1.23 bits per heavy atom. The lowest BCUT2D eigenvalue weighted by Gasteiger charge is -2.28. The summed E-state index contributed by atoms with van der Waals surface area (Å²) in [5, 5.41) is 4.94. The van der Waals surface area contributed by atoms with Crippen molar-refractivity contribution in [2.45, 2.75) is 52.7 Å². The number of methoxy groups -OCH3 is 1. The highest BCUT2D eigenvalue weighted by atomic mass is 16.5. The Morgan fingerprint density at radius 2 is 2.06 bits per heavy atom. The van der Waals surface area contributed by atoms with Crippen LogP contribution in [0.3, 0.4) is 0 Å². The van der Waals surface area contributed by atoms with Gasteiger partial charge in [0.15, 0.2) is 5.82 Å². The average molecular weight is 421 g/mol. The third-order valence-electron chi connectivity index (χ3n) is 6.32. The molecule has 0 radical (unpaired) electrons. The standard InChI is InChI=1S/C23H28N6O2/c1-4-29-19-9-10-27(23(30)17-7-8-20(31-3)24-12-17)14-18(19)21(26-29)22-25-11-15(2)28(22)13-16-5-6-16/h7-8,11-12,16H,4-6,9-10,13-14H2,1-3H3. The number of hydrogen-bond acceptors (Lipinski definition) is 5. The minimum Gasteiger partial charge on any atom is -0.481 e. The van der Waals surface area contributed by atoms with Gasteiger partial charge in [0.1, 0.15) is 5.69 Å². The monoisotopic (exact) mass is 420 g/mol. The molecule has 0 bridgehead atoms. The third kappa shape index (κ3) is 3.60. The van der Waals surface area contributed by atoms with E-state index in [0.29, 0.717) is 24.5 Å². The fourth-order valence-corrected chi connectivity index (χ4v) is 4.35. The summed E-state index contributed by atoms with van der Waals surface area (Å²) >= 11 is 0. The summed E-state index contributed by atoms with van der Waals surface area (Å²) in [4.78, 5) is 24.0. The van der Waals surface area contributed by atoms with E-state index in [1.807, 2.05) is 11.1 Å². The second-order valence-corrected chi connectivity index (χ2v) is 8.43. The highest BCUT2D eigenvalue weighted by molar-refractivity contribution is 5.94. The van der Waals surface area contributed by atoms with Gasteiger partial charge in [0.2, 0.25) is 5.88 Å². The van der Waals surface area contributed by atoms with Crippen molar-refractivity contribution in [3.8, 4) is 17.4 Å². The average Bonchev–Trinajstić information content (AvgIpc) is 3.46. The summed E-state index contributed by atoms with van der Waals surface area (Å²) in [7, 11) is 1.57. The largest absolute Gasteiger partial charge is 0.481 e. The van der Waals surface area contributed by atoms with Gasteiger partial charge >= 0.3 is 0 Å². The topological polar surface area (TPSA) is 78.1 Å². The molecule has 0 aromatic carbocycles. The number of pyridine rings is 1. The Kier molecular flexibility index (Phi) is 5.00. The number of hydrogen-bond donors (Lipinski definition) is 0. The minimum atomic E-state index is -0.0199. The predicted octanol–water partition coefficient (Wildman–Crippen LogP) is 3.09. The number of nitrogens with zero attached hydrogens (tertiary/aromatic N) is 6. The van der Waals surface area contributed by atoms with Crippen molar-refractivity contribution in [2.75, 3.05) is 13.7 Å². The van der Waals surface area contributed by atoms with Crippen LogP contribution in [0.2, 0.25) is 0 Å². The quantitative estimate of drug-likeness (QED) is 0.612. The zero-order chi connectivity index (χ0) is 21.5. The summed E-state index contributed by atoms with van der Waals surface area (Å²) in [6.07, 6.45) is 6.88. The van der Waals surface area contributed by atoms with Crippen molar-refractivity contribution in [1.82, 2.24) is 29.2 Å². The lowest BCUT2D eigenvalue weighted by molar-refractivity contribution is 0.0733. The van der Waals surface area contributed by atoms with Crippen LogP contribution in [0.15, 0.2) is 24.5 Å². The maximum absolute atomic E-state index is 13.2. The van der Waals surface area contributed by atoms with Gasteiger partial charge in [0, 0.05) is 61.5 Å². The molecular weight excluding hydrogens is 392 g/mol. The van der Waals surface area contributed by atoms with Crippen LogP contribution in [0.5, 0.6) is 5.88 Å². The van der Waals surface area contributed by atoms with E-state index in [1.54, 1.807) is 25.4 Å². The highest BCUT2D eigenvalue weighted by Crippen LogP contribution is 2.35. The number of ether oxygens (including phenoxy) is 1. The predicted molar refractivity (Wildman–Crippen MR) is 116 cm³/mol. The van der Waals surface area contributed by atoms with Crippen LogP contribution in [-0.2, 0) is 26.1 Å². The maximum atomic E-state index is 13.2. The summed E-state index contributed by atoms with van der Waals surface area (Å²) in [6.45, 7) is 7.22. The molecule has 2 aliphatic rings. The summed E-state index contributed by atoms with van der Waals surface area (Å²) < 4.78 is 9.49. The SMILES string of the molecule is CCn1nc(-c2ncc(C)n2CC2CC2)c2c1CCN(C(=O)c1ccc(OC)nc1)C2. The lowest BCUT2D eigenvalue weighted by atomic mass is 10.0. The molecule has 1 amide bonds. The first-order chi connectivity index (χ1) is 15.1. The number of aryl methyl sites for hydroxylation is 2. The number of imidazole rings is 1. The molecule has 31 heavy (non-hydrogen) atoms. The number of rotatable bonds is 6. The van der Waals surface area contributed by atoms with Gasteiger partial charge in [-0.05, 0) is 38.7 Å². The minimum absolute atomic E-state index is 0.0199. The van der Waals surface area contributed by atoms with Crippen LogP contribution in [0.25, 0.3) is 11.5 Å². The van der Waals surface area contributed by atoms with E-state index < -0.39 is 0 Å². The molecule has 1 fully saturated rings. The fourth-order valence-electron chi connectivity index (χ4n) is 4.35. The van der Waals surface area contributed by atoms with Gasteiger partial charge < -0.3 is 14.2 Å². The molecule has 8 heteroatoms. The second kappa shape index (κ2) is 7.83. The zero-order valence-electron chi connectivity index (χ0n) is 18.3. The Hall–Kier alpha value is -3.16. The van der Waals surface area contributed by atoms with Crippen molar-refractivity contribution < 1.29 is 9.53 Å². The molecular formula is C23H28N6O2. The van der Waals surface area contributed by atoms with Crippen LogP contribution in [-0.4, -0.2) is 48.8 Å². The molecule has 0 saturated heterocycles. The lowest BCUT2D eigenvalue weighted by Crippen LogP contribution is -2.36. The third-order valence-corrected chi connectivity index (χ3v) is 6.32. The van der Waals surface area contributed by atoms with Gasteiger partial charge in [-0.3, -0.25) is 9.48 Å². The molecule has 5 rings (SSSR count). The number of amides is 1. The van der Waals surface area contributed by atoms with E-state index >= 15 is 0 Å². The Labute approximate surface area is 181 Å². The Bertz CT molecular complexity index is 1110. The second-order valence-electron chi connectivity index (χ2n) is 8.43. The summed E-state index contributed by atoms with van der Waals surface area (Å²) in [5.74, 6) is 2.15. The highest BCUT2D eigenvalue weighted by Gasteiger charge is 2.31. The first-order valence-corrected chi connectivity index (χ1v) is 11.0. The molecule has 0 unspecified atom stereocenters. The van der Waals surface area contributed by atoms with Crippen LogP contribution in [0.4, 0.5) is 0 Å². The van der Waals surface area contributed by atoms with Crippen molar-refractivity contribution in [3.63, 3.8) is 0 Å². The fraction of sp³-hybridized carbons (Fsp3) is 0.478. The molecule has 3 aromatic heterocycles. The van der Waals surface area contributed by atoms with Crippen molar-refractivity contribution in [1.29, 1.82) is 0 Å². The van der Waals surface area contributed by atoms with Gasteiger partial charge in [0.25, 0.3) is 5.91 Å². The van der Waals surface area contributed by atoms with Crippen molar-refractivity contribution in [3.05, 3.63) is 47.0 Å². The van der Waals surface area contributed by atoms with E-state index in [1.165, 1.54) is 18.5 Å². The molecule has 1 aliphatic carbocycles. The Morgan fingerprint density at radius 3 is 2.74 bits per heavy atom. The molecule has 1 saturated carbocycles. The molecule has 0 N–H and O–H groups in total. The number of carbonyl (C=O) groups excluding carboxylic acids is 1. The van der Waals surface area contributed by atoms with Crippen molar-refractivity contribution in [2.24, 2.45) is 5.92 Å². The van der Waals surface area contributed by atoms with Gasteiger partial charge in [-0.1, -0.05) is 0 Å². The maximum Gasteiger partial charge on any atom is 0.255 e. The van der Waals surface area contributed by atoms with Gasteiger partial charge in [0.05, 0.1) is 19.2 Å². The molecule has 0 spiro atoms. The normalized spacial score (nSPS) is 15.8. The molecule has 162 valence electrons. The summed E-state index contributed by atoms with van der Waals surface area (Å²) in [5.41, 5.74) is 4.98. The van der Waals surface area contributed by atoms with Crippen molar-refractivity contribution >= 4 is 5.91 Å². The first-order valence-electron chi connectivity index (χ1n) is 11.0. The van der Waals surface area contributed by atoms with Crippen LogP contribution < -0.4 is 4.74 Å². The number of carbonyl (C=O) groups is 1. The molecule has 0 atom stereocenters. The van der Waals surface area contributed by atoms with E-state index in [9.17, 15) is 4.79 Å². The molecule has 3 aromatic rings.